The number of carbonyl (C=O) groups is 3. The number of benzene rings is 1. The van der Waals surface area contributed by atoms with E-state index in [1.807, 2.05) is 6.92 Å². The Kier molecular flexibility index (Phi) is 6.18. The number of anilines is 1. The third-order valence-corrected chi connectivity index (χ3v) is 5.23. The molecule has 0 saturated carbocycles. The Morgan fingerprint density at radius 3 is 2.29 bits per heavy atom. The molecule has 8 heteroatoms. The summed E-state index contributed by atoms with van der Waals surface area (Å²) >= 11 is 3.19. The molecule has 0 radical (unpaired) electrons. The van der Waals surface area contributed by atoms with Crippen LogP contribution in [-0.4, -0.2) is 60.7 Å². The molecule has 0 atom stereocenters. The van der Waals surface area contributed by atoms with Gasteiger partial charge in [0.15, 0.2) is 10.4 Å². The highest BCUT2D eigenvalue weighted by atomic mass is 79.9. The fraction of sp³-hybridized carbons (Fsp3) is 0.350. The van der Waals surface area contributed by atoms with Crippen LogP contribution >= 0.6 is 15.9 Å². The van der Waals surface area contributed by atoms with Crippen molar-refractivity contribution in [2.45, 2.75) is 13.3 Å². The second-order valence-electron chi connectivity index (χ2n) is 6.51. The van der Waals surface area contributed by atoms with Crippen molar-refractivity contribution >= 4 is 39.3 Å². The van der Waals surface area contributed by atoms with E-state index in [2.05, 4.69) is 15.9 Å². The largest absolute Gasteiger partial charge is 0.444 e. The molecule has 0 aliphatic carbocycles. The van der Waals surface area contributed by atoms with Crippen molar-refractivity contribution in [3.8, 4) is 0 Å². The SMILES string of the molecule is CCC(=O)N1CCN(C(=O)c2ccccc2N(C)C(=O)c2ccc(Br)o2)CC1. The van der Waals surface area contributed by atoms with E-state index < -0.39 is 0 Å². The lowest BCUT2D eigenvalue weighted by molar-refractivity contribution is -0.132. The lowest BCUT2D eigenvalue weighted by Crippen LogP contribution is -2.50. The van der Waals surface area contributed by atoms with Gasteiger partial charge in [0, 0.05) is 39.6 Å². The number of amides is 3. The highest BCUT2D eigenvalue weighted by Crippen LogP contribution is 2.24. The maximum atomic E-state index is 13.1. The lowest BCUT2D eigenvalue weighted by atomic mass is 10.1. The summed E-state index contributed by atoms with van der Waals surface area (Å²) in [6, 6.07) is 10.2. The van der Waals surface area contributed by atoms with E-state index in [9.17, 15) is 14.4 Å². The van der Waals surface area contributed by atoms with Crippen LogP contribution in [0.2, 0.25) is 0 Å². The third-order valence-electron chi connectivity index (χ3n) is 4.81. The summed E-state index contributed by atoms with van der Waals surface area (Å²) in [6.07, 6.45) is 0.465. The van der Waals surface area contributed by atoms with Crippen LogP contribution in [-0.2, 0) is 4.79 Å². The molecule has 2 aromatic rings. The molecule has 0 spiro atoms. The first-order valence-electron chi connectivity index (χ1n) is 9.11. The fourth-order valence-electron chi connectivity index (χ4n) is 3.20. The second kappa shape index (κ2) is 8.60. The number of halogens is 1. The minimum absolute atomic E-state index is 0.0995. The minimum atomic E-state index is -0.343. The molecule has 3 rings (SSSR count). The molecule has 148 valence electrons. The number of piperazine rings is 1. The molecular formula is C20H22BrN3O4. The highest BCUT2D eigenvalue weighted by Gasteiger charge is 2.27. The lowest BCUT2D eigenvalue weighted by Gasteiger charge is -2.35. The predicted molar refractivity (Wildman–Crippen MR) is 108 cm³/mol. The molecule has 1 aliphatic heterocycles. The molecule has 2 heterocycles. The maximum absolute atomic E-state index is 13.1. The Bertz CT molecular complexity index is 887. The van der Waals surface area contributed by atoms with E-state index in [-0.39, 0.29) is 23.5 Å². The molecule has 1 aromatic heterocycles. The van der Waals surface area contributed by atoms with E-state index in [4.69, 9.17) is 4.42 Å². The fourth-order valence-corrected chi connectivity index (χ4v) is 3.51. The molecule has 7 nitrogen and oxygen atoms in total. The van der Waals surface area contributed by atoms with Crippen LogP contribution in [0.5, 0.6) is 0 Å². The molecule has 1 saturated heterocycles. The standard InChI is InChI=1S/C20H22BrN3O4/c1-3-18(25)23-10-12-24(13-11-23)19(26)14-6-4-5-7-15(14)22(2)20(27)16-8-9-17(21)28-16/h4-9H,3,10-13H2,1-2H3. The van der Waals surface area contributed by atoms with E-state index >= 15 is 0 Å². The first kappa shape index (κ1) is 20.1. The summed E-state index contributed by atoms with van der Waals surface area (Å²) < 4.78 is 5.81. The molecule has 0 bridgehead atoms. The summed E-state index contributed by atoms with van der Waals surface area (Å²) in [7, 11) is 1.61. The van der Waals surface area contributed by atoms with Gasteiger partial charge in [-0.25, -0.2) is 0 Å². The maximum Gasteiger partial charge on any atom is 0.293 e. The molecule has 1 aromatic carbocycles. The third kappa shape index (κ3) is 4.11. The predicted octanol–water partition coefficient (Wildman–Crippen LogP) is 3.01. The van der Waals surface area contributed by atoms with Gasteiger partial charge in [0.2, 0.25) is 5.91 Å². The Morgan fingerprint density at radius 2 is 1.68 bits per heavy atom. The quantitative estimate of drug-likeness (QED) is 0.721. The average molecular weight is 448 g/mol. The van der Waals surface area contributed by atoms with E-state index in [1.165, 1.54) is 4.90 Å². The van der Waals surface area contributed by atoms with Crippen molar-refractivity contribution in [3.63, 3.8) is 0 Å². The van der Waals surface area contributed by atoms with Gasteiger partial charge in [-0.3, -0.25) is 14.4 Å². The summed E-state index contributed by atoms with van der Waals surface area (Å²) in [5.74, 6) is -0.213. The number of furan rings is 1. The van der Waals surface area contributed by atoms with Crippen LogP contribution in [0.1, 0.15) is 34.3 Å². The molecule has 1 fully saturated rings. The van der Waals surface area contributed by atoms with Gasteiger partial charge in [-0.15, -0.1) is 0 Å². The summed E-state index contributed by atoms with van der Waals surface area (Å²) in [4.78, 5) is 42.5. The Balaban J connectivity index is 1.77. The zero-order valence-electron chi connectivity index (χ0n) is 15.9. The second-order valence-corrected chi connectivity index (χ2v) is 7.29. The normalized spacial score (nSPS) is 14.1. The number of nitrogens with zero attached hydrogens (tertiary/aromatic N) is 3. The average Bonchev–Trinajstić information content (AvgIpc) is 3.18. The highest BCUT2D eigenvalue weighted by molar-refractivity contribution is 9.10. The minimum Gasteiger partial charge on any atom is -0.444 e. The van der Waals surface area contributed by atoms with Gasteiger partial charge >= 0.3 is 0 Å². The zero-order chi connectivity index (χ0) is 20.3. The number of hydrogen-bond acceptors (Lipinski definition) is 4. The number of para-hydroxylation sites is 1. The monoisotopic (exact) mass is 447 g/mol. The van der Waals surface area contributed by atoms with Crippen molar-refractivity contribution < 1.29 is 18.8 Å². The van der Waals surface area contributed by atoms with Crippen LogP contribution in [0, 0.1) is 0 Å². The summed E-state index contributed by atoms with van der Waals surface area (Å²) in [6.45, 7) is 3.83. The van der Waals surface area contributed by atoms with Crippen molar-refractivity contribution in [2.24, 2.45) is 0 Å². The first-order valence-corrected chi connectivity index (χ1v) is 9.91. The van der Waals surface area contributed by atoms with Crippen LogP contribution in [0.3, 0.4) is 0 Å². The van der Waals surface area contributed by atoms with Gasteiger partial charge < -0.3 is 19.1 Å². The van der Waals surface area contributed by atoms with Crippen molar-refractivity contribution in [2.75, 3.05) is 38.1 Å². The van der Waals surface area contributed by atoms with Crippen LogP contribution in [0.4, 0.5) is 5.69 Å². The van der Waals surface area contributed by atoms with Gasteiger partial charge in [-0.2, -0.15) is 0 Å². The van der Waals surface area contributed by atoms with Crippen molar-refractivity contribution in [1.29, 1.82) is 0 Å². The van der Waals surface area contributed by atoms with Crippen LogP contribution < -0.4 is 4.90 Å². The number of rotatable bonds is 4. The molecular weight excluding hydrogens is 426 g/mol. The first-order chi connectivity index (χ1) is 13.4. The Labute approximate surface area is 172 Å². The molecule has 0 unspecified atom stereocenters. The zero-order valence-corrected chi connectivity index (χ0v) is 17.4. The number of carbonyl (C=O) groups excluding carboxylic acids is 3. The van der Waals surface area contributed by atoms with Gasteiger partial charge in [-0.1, -0.05) is 19.1 Å². The van der Waals surface area contributed by atoms with Gasteiger partial charge in [0.05, 0.1) is 11.3 Å². The van der Waals surface area contributed by atoms with Crippen molar-refractivity contribution in [3.05, 3.63) is 52.4 Å². The molecule has 0 N–H and O–H groups in total. The smallest absolute Gasteiger partial charge is 0.293 e. The Hall–Kier alpha value is -2.61. The van der Waals surface area contributed by atoms with Crippen LogP contribution in [0.25, 0.3) is 0 Å². The van der Waals surface area contributed by atoms with Gasteiger partial charge in [0.25, 0.3) is 11.8 Å². The molecule has 1 aliphatic rings. The molecule has 28 heavy (non-hydrogen) atoms. The van der Waals surface area contributed by atoms with E-state index in [0.29, 0.717) is 48.5 Å². The summed E-state index contributed by atoms with van der Waals surface area (Å²) in [5.41, 5.74) is 0.955. The molecule has 3 amide bonds. The van der Waals surface area contributed by atoms with E-state index in [1.54, 1.807) is 53.2 Å². The van der Waals surface area contributed by atoms with Gasteiger partial charge in [0.1, 0.15) is 0 Å². The van der Waals surface area contributed by atoms with Crippen LogP contribution in [0.15, 0.2) is 45.5 Å². The van der Waals surface area contributed by atoms with Crippen molar-refractivity contribution in [1.82, 2.24) is 9.80 Å². The summed E-state index contributed by atoms with van der Waals surface area (Å²) in [5, 5.41) is 0. The topological polar surface area (TPSA) is 74.1 Å². The number of hydrogen-bond donors (Lipinski definition) is 0. The van der Waals surface area contributed by atoms with E-state index in [0.717, 1.165) is 0 Å². The Morgan fingerprint density at radius 1 is 1.04 bits per heavy atom. The van der Waals surface area contributed by atoms with Gasteiger partial charge in [-0.05, 0) is 40.2 Å².